The monoisotopic (exact) mass is 433 g/mol. The van der Waals surface area contributed by atoms with Crippen molar-refractivity contribution in [3.05, 3.63) is 33.9 Å². The fourth-order valence-corrected chi connectivity index (χ4v) is 3.93. The highest BCUT2D eigenvalue weighted by atomic mass is 19.1. The zero-order chi connectivity index (χ0) is 22.3. The van der Waals surface area contributed by atoms with Crippen molar-refractivity contribution in [2.75, 3.05) is 51.5 Å². The average molecular weight is 433 g/mol. The Morgan fingerprint density at radius 3 is 2.61 bits per heavy atom. The summed E-state index contributed by atoms with van der Waals surface area (Å²) in [4.78, 5) is 40.4. The van der Waals surface area contributed by atoms with Crippen LogP contribution in [0.2, 0.25) is 0 Å². The number of piperazine rings is 1. The highest BCUT2D eigenvalue weighted by Crippen LogP contribution is 2.42. The Hall–Kier alpha value is -3.14. The second-order valence-corrected chi connectivity index (χ2v) is 7.85. The van der Waals surface area contributed by atoms with Gasteiger partial charge in [0.2, 0.25) is 12.2 Å². The van der Waals surface area contributed by atoms with Crippen LogP contribution >= 0.6 is 0 Å². The molecule has 0 amide bonds. The van der Waals surface area contributed by atoms with Gasteiger partial charge >= 0.3 is 11.9 Å². The number of likely N-dealkylation sites (N-methyl/N-ethyl adjacent to an activating group) is 1. The topological polar surface area (TPSA) is 90.3 Å². The van der Waals surface area contributed by atoms with E-state index in [1.54, 1.807) is 4.57 Å². The Bertz CT molecular complexity index is 1110. The summed E-state index contributed by atoms with van der Waals surface area (Å²) >= 11 is 0. The lowest BCUT2D eigenvalue weighted by Gasteiger charge is -2.37. The van der Waals surface area contributed by atoms with E-state index in [1.807, 2.05) is 18.9 Å². The summed E-state index contributed by atoms with van der Waals surface area (Å²) in [7, 11) is 2.01. The number of anilines is 1. The molecule has 10 heteroatoms. The largest absolute Gasteiger partial charge is 0.487 e. The van der Waals surface area contributed by atoms with Gasteiger partial charge in [-0.25, -0.2) is 9.18 Å². The highest BCUT2D eigenvalue weighted by molar-refractivity contribution is 5.98. The van der Waals surface area contributed by atoms with E-state index >= 15 is 4.39 Å². The van der Waals surface area contributed by atoms with Gasteiger partial charge in [0.25, 0.3) is 0 Å². The molecule has 1 aromatic heterocycles. The smallest absolute Gasteiger partial charge is 0.346 e. The highest BCUT2D eigenvalue weighted by Gasteiger charge is 2.31. The van der Waals surface area contributed by atoms with Crippen LogP contribution in [-0.4, -0.2) is 68.0 Å². The zero-order valence-corrected chi connectivity index (χ0v) is 17.6. The maximum Gasteiger partial charge on any atom is 0.346 e. The lowest BCUT2D eigenvalue weighted by Crippen LogP contribution is -2.45. The summed E-state index contributed by atoms with van der Waals surface area (Å²) in [5.74, 6) is -1.82. The molecule has 1 saturated heterocycles. The molecule has 0 bridgehead atoms. The number of ether oxygens (including phenoxy) is 3. The number of hydrogen-bond donors (Lipinski definition) is 0. The van der Waals surface area contributed by atoms with Crippen molar-refractivity contribution >= 4 is 28.5 Å². The molecule has 0 aliphatic carbocycles. The first-order chi connectivity index (χ1) is 14.8. The summed E-state index contributed by atoms with van der Waals surface area (Å²) < 4.78 is 32.4. The molecule has 166 valence electrons. The lowest BCUT2D eigenvalue weighted by molar-refractivity contribution is -0.149. The summed E-state index contributed by atoms with van der Waals surface area (Å²) in [5.41, 5.74) is -0.130. The van der Waals surface area contributed by atoms with Crippen LogP contribution in [0, 0.1) is 5.82 Å². The Balaban J connectivity index is 1.82. The van der Waals surface area contributed by atoms with Crippen molar-refractivity contribution < 1.29 is 28.2 Å². The number of aromatic nitrogens is 1. The Morgan fingerprint density at radius 1 is 1.23 bits per heavy atom. The fraction of sp³-hybridized carbons (Fsp3) is 0.476. The van der Waals surface area contributed by atoms with Crippen LogP contribution < -0.4 is 15.1 Å². The molecule has 0 N–H and O–H groups in total. The van der Waals surface area contributed by atoms with Gasteiger partial charge in [-0.15, -0.1) is 0 Å². The molecule has 2 aliphatic rings. The van der Waals surface area contributed by atoms with Gasteiger partial charge < -0.3 is 28.6 Å². The lowest BCUT2D eigenvalue weighted by atomic mass is 10.1. The standard InChI is InChI=1S/C21H24FN3O6/c1-12-10-29-20-17-14(8-16(22)18(20)24-6-4-23(3)5-7-24)19(27)15(9-25(12)17)21(28)31-11-30-13(2)26/h8-9,12H,4-7,10-11H2,1-3H3. The SMILES string of the molecule is CC(=O)OCOC(=O)c1cn2c3c(c(N4CCN(C)CC4)c(F)cc3c1=O)OCC2C. The van der Waals surface area contributed by atoms with E-state index in [-0.39, 0.29) is 23.6 Å². The third kappa shape index (κ3) is 3.83. The molecule has 4 rings (SSSR count). The van der Waals surface area contributed by atoms with Crippen LogP contribution in [-0.2, 0) is 14.3 Å². The number of esters is 2. The van der Waals surface area contributed by atoms with Gasteiger partial charge in [0, 0.05) is 39.3 Å². The molecule has 1 fully saturated rings. The first-order valence-corrected chi connectivity index (χ1v) is 10.1. The van der Waals surface area contributed by atoms with E-state index in [0.29, 0.717) is 30.0 Å². The molecule has 3 heterocycles. The molecule has 2 aromatic rings. The Kier molecular flexibility index (Phi) is 5.57. The number of pyridine rings is 1. The van der Waals surface area contributed by atoms with Gasteiger partial charge in [-0.2, -0.15) is 0 Å². The molecular formula is C21H24FN3O6. The minimum atomic E-state index is -0.944. The average Bonchev–Trinajstić information content (AvgIpc) is 2.72. The normalized spacial score (nSPS) is 18.6. The second-order valence-electron chi connectivity index (χ2n) is 7.85. The van der Waals surface area contributed by atoms with Gasteiger partial charge in [-0.1, -0.05) is 0 Å². The molecule has 0 spiro atoms. The number of nitrogens with zero attached hydrogens (tertiary/aromatic N) is 3. The molecule has 2 aliphatic heterocycles. The summed E-state index contributed by atoms with van der Waals surface area (Å²) in [6.45, 7) is 5.54. The van der Waals surface area contributed by atoms with Crippen LogP contribution in [0.1, 0.15) is 30.2 Å². The second kappa shape index (κ2) is 8.18. The molecule has 1 unspecified atom stereocenters. The minimum absolute atomic E-state index is 0.0406. The molecular weight excluding hydrogens is 409 g/mol. The molecule has 9 nitrogen and oxygen atoms in total. The van der Waals surface area contributed by atoms with E-state index < -0.39 is 30.0 Å². The van der Waals surface area contributed by atoms with Crippen LogP contribution in [0.4, 0.5) is 10.1 Å². The quantitative estimate of drug-likeness (QED) is 0.530. The maximum absolute atomic E-state index is 15.2. The third-order valence-corrected chi connectivity index (χ3v) is 5.63. The number of rotatable bonds is 4. The number of halogens is 1. The number of hydrogen-bond acceptors (Lipinski definition) is 8. The maximum atomic E-state index is 15.2. The molecule has 0 radical (unpaired) electrons. The Labute approximate surface area is 177 Å². The number of benzene rings is 1. The van der Waals surface area contributed by atoms with Crippen molar-refractivity contribution in [1.82, 2.24) is 9.47 Å². The third-order valence-electron chi connectivity index (χ3n) is 5.63. The zero-order valence-electron chi connectivity index (χ0n) is 17.6. The molecule has 0 saturated carbocycles. The van der Waals surface area contributed by atoms with Gasteiger partial charge in [-0.3, -0.25) is 9.59 Å². The minimum Gasteiger partial charge on any atom is -0.487 e. The predicted octanol–water partition coefficient (Wildman–Crippen LogP) is 1.52. The number of carbonyl (C=O) groups is 2. The number of carbonyl (C=O) groups excluding carboxylic acids is 2. The molecule has 1 aromatic carbocycles. The molecule has 31 heavy (non-hydrogen) atoms. The summed E-state index contributed by atoms with van der Waals surface area (Å²) in [5, 5.41) is 0.0406. The fourth-order valence-electron chi connectivity index (χ4n) is 3.93. The van der Waals surface area contributed by atoms with E-state index in [2.05, 4.69) is 9.64 Å². The van der Waals surface area contributed by atoms with Crippen molar-refractivity contribution in [2.24, 2.45) is 0 Å². The van der Waals surface area contributed by atoms with Gasteiger partial charge in [0.1, 0.15) is 17.9 Å². The Morgan fingerprint density at radius 2 is 1.94 bits per heavy atom. The van der Waals surface area contributed by atoms with E-state index in [9.17, 15) is 14.4 Å². The van der Waals surface area contributed by atoms with Gasteiger partial charge in [0.05, 0.1) is 16.9 Å². The van der Waals surface area contributed by atoms with Crippen LogP contribution in [0.5, 0.6) is 5.75 Å². The van der Waals surface area contributed by atoms with E-state index in [1.165, 1.54) is 13.1 Å². The van der Waals surface area contributed by atoms with Crippen LogP contribution in [0.25, 0.3) is 10.9 Å². The van der Waals surface area contributed by atoms with Crippen molar-refractivity contribution in [3.8, 4) is 5.75 Å². The van der Waals surface area contributed by atoms with Crippen molar-refractivity contribution in [2.45, 2.75) is 19.9 Å². The van der Waals surface area contributed by atoms with Crippen LogP contribution in [0.3, 0.4) is 0 Å². The van der Waals surface area contributed by atoms with Crippen molar-refractivity contribution in [3.63, 3.8) is 0 Å². The summed E-state index contributed by atoms with van der Waals surface area (Å²) in [6.07, 6.45) is 1.41. The summed E-state index contributed by atoms with van der Waals surface area (Å²) in [6, 6.07) is 0.969. The van der Waals surface area contributed by atoms with E-state index in [4.69, 9.17) is 9.47 Å². The van der Waals surface area contributed by atoms with Crippen molar-refractivity contribution in [1.29, 1.82) is 0 Å². The molecule has 1 atom stereocenters. The predicted molar refractivity (Wildman–Crippen MR) is 110 cm³/mol. The van der Waals surface area contributed by atoms with E-state index in [0.717, 1.165) is 19.2 Å². The van der Waals surface area contributed by atoms with Crippen LogP contribution in [0.15, 0.2) is 17.1 Å². The first-order valence-electron chi connectivity index (χ1n) is 10.1. The van der Waals surface area contributed by atoms with Gasteiger partial charge in [0.15, 0.2) is 11.6 Å². The van der Waals surface area contributed by atoms with Gasteiger partial charge in [-0.05, 0) is 20.0 Å². The first kappa shape index (κ1) is 21.1.